The topological polar surface area (TPSA) is 91.3 Å². The van der Waals surface area contributed by atoms with E-state index in [1.807, 2.05) is 23.1 Å². The van der Waals surface area contributed by atoms with Gasteiger partial charge in [0.2, 0.25) is 16.9 Å². The molecule has 0 aliphatic carbocycles. The maximum absolute atomic E-state index is 12.4. The maximum atomic E-state index is 12.4. The predicted octanol–water partition coefficient (Wildman–Crippen LogP) is 1.39. The number of amides is 2. The third-order valence-corrected chi connectivity index (χ3v) is 4.83. The Bertz CT molecular complexity index is 709. The van der Waals surface area contributed by atoms with E-state index in [-0.39, 0.29) is 24.7 Å². The van der Waals surface area contributed by atoms with Gasteiger partial charge in [0.25, 0.3) is 0 Å². The normalized spacial score (nSPS) is 15.5. The van der Waals surface area contributed by atoms with Gasteiger partial charge in [0.05, 0.1) is 5.69 Å². The van der Waals surface area contributed by atoms with E-state index >= 15 is 0 Å². The molecular formula is C17H22N6O2S. The molecule has 3 rings (SSSR count). The zero-order valence-electron chi connectivity index (χ0n) is 14.5. The molecule has 0 atom stereocenters. The van der Waals surface area contributed by atoms with E-state index in [1.54, 1.807) is 11.7 Å². The maximum Gasteiger partial charge on any atom is 0.226 e. The summed E-state index contributed by atoms with van der Waals surface area (Å²) in [6.07, 6.45) is 3.10. The Morgan fingerprint density at radius 2 is 2.08 bits per heavy atom. The molecule has 1 aliphatic heterocycles. The first kappa shape index (κ1) is 18.4. The largest absolute Gasteiger partial charge is 0.341 e. The van der Waals surface area contributed by atoms with Crippen LogP contribution in [0.4, 0.5) is 5.13 Å². The number of anilines is 1. The van der Waals surface area contributed by atoms with Gasteiger partial charge in [-0.2, -0.15) is 0 Å². The van der Waals surface area contributed by atoms with Crippen molar-refractivity contribution >= 4 is 28.3 Å². The summed E-state index contributed by atoms with van der Waals surface area (Å²) < 4.78 is 0. The van der Waals surface area contributed by atoms with Crippen LogP contribution in [0.2, 0.25) is 0 Å². The van der Waals surface area contributed by atoms with Crippen molar-refractivity contribution in [3.8, 4) is 0 Å². The summed E-state index contributed by atoms with van der Waals surface area (Å²) in [6.45, 7) is 3.98. The minimum atomic E-state index is -0.207. The molecular weight excluding hydrogens is 352 g/mol. The van der Waals surface area contributed by atoms with Crippen molar-refractivity contribution in [1.29, 1.82) is 0 Å². The first-order valence-electron chi connectivity index (χ1n) is 8.67. The summed E-state index contributed by atoms with van der Waals surface area (Å²) in [4.78, 5) is 32.8. The second-order valence-electron chi connectivity index (χ2n) is 6.12. The van der Waals surface area contributed by atoms with E-state index in [0.717, 1.165) is 38.3 Å². The molecule has 2 amide bonds. The van der Waals surface area contributed by atoms with Crippen molar-refractivity contribution < 1.29 is 9.59 Å². The van der Waals surface area contributed by atoms with Gasteiger partial charge in [-0.25, -0.2) is 0 Å². The van der Waals surface area contributed by atoms with Crippen LogP contribution >= 0.6 is 11.3 Å². The number of aromatic nitrogens is 3. The highest BCUT2D eigenvalue weighted by molar-refractivity contribution is 7.13. The molecule has 0 radical (unpaired) electrons. The Kier molecular flexibility index (Phi) is 6.62. The second-order valence-corrected chi connectivity index (χ2v) is 6.96. The van der Waals surface area contributed by atoms with Crippen molar-refractivity contribution in [2.45, 2.75) is 25.8 Å². The van der Waals surface area contributed by atoms with Gasteiger partial charge < -0.3 is 10.2 Å². The molecule has 1 fully saturated rings. The first-order valence-corrected chi connectivity index (χ1v) is 9.55. The van der Waals surface area contributed by atoms with E-state index in [4.69, 9.17) is 0 Å². The molecule has 2 aromatic rings. The Morgan fingerprint density at radius 1 is 1.15 bits per heavy atom. The van der Waals surface area contributed by atoms with Gasteiger partial charge in [0, 0.05) is 51.8 Å². The SMILES string of the molecule is O=C(CCC(=O)N1CCCN(Cc2ccccn2)CC1)Nc1nncs1. The van der Waals surface area contributed by atoms with Gasteiger partial charge in [-0.1, -0.05) is 17.4 Å². The Labute approximate surface area is 156 Å². The van der Waals surface area contributed by atoms with Crippen LogP contribution in [0.15, 0.2) is 29.9 Å². The highest BCUT2D eigenvalue weighted by atomic mass is 32.1. The van der Waals surface area contributed by atoms with E-state index in [1.165, 1.54) is 11.3 Å². The predicted molar refractivity (Wildman–Crippen MR) is 98.5 cm³/mol. The highest BCUT2D eigenvalue weighted by Gasteiger charge is 2.20. The Morgan fingerprint density at radius 3 is 2.85 bits per heavy atom. The fourth-order valence-corrected chi connectivity index (χ4v) is 3.35. The molecule has 3 heterocycles. The fraction of sp³-hybridized carbons (Fsp3) is 0.471. The summed E-state index contributed by atoms with van der Waals surface area (Å²) in [5.41, 5.74) is 2.59. The third kappa shape index (κ3) is 5.57. The molecule has 8 nitrogen and oxygen atoms in total. The highest BCUT2D eigenvalue weighted by Crippen LogP contribution is 2.11. The lowest BCUT2D eigenvalue weighted by Crippen LogP contribution is -2.35. The molecule has 9 heteroatoms. The molecule has 1 aliphatic rings. The molecule has 26 heavy (non-hydrogen) atoms. The molecule has 1 N–H and O–H groups in total. The number of pyridine rings is 1. The van der Waals surface area contributed by atoms with Crippen LogP contribution in [-0.4, -0.2) is 63.0 Å². The molecule has 1 saturated heterocycles. The summed E-state index contributed by atoms with van der Waals surface area (Å²) in [6, 6.07) is 5.92. The number of nitrogens with one attached hydrogen (secondary N) is 1. The number of hydrogen-bond acceptors (Lipinski definition) is 7. The van der Waals surface area contributed by atoms with Gasteiger partial charge in [0.15, 0.2) is 0 Å². The van der Waals surface area contributed by atoms with Crippen LogP contribution in [0.5, 0.6) is 0 Å². The van der Waals surface area contributed by atoms with Crippen molar-refractivity contribution in [3.05, 3.63) is 35.6 Å². The summed E-state index contributed by atoms with van der Waals surface area (Å²) in [5.74, 6) is -0.182. The zero-order valence-corrected chi connectivity index (χ0v) is 15.3. The van der Waals surface area contributed by atoms with Gasteiger partial charge in [-0.3, -0.25) is 19.5 Å². The monoisotopic (exact) mass is 374 g/mol. The lowest BCUT2D eigenvalue weighted by atomic mass is 10.2. The van der Waals surface area contributed by atoms with E-state index in [9.17, 15) is 9.59 Å². The number of hydrogen-bond donors (Lipinski definition) is 1. The Balaban J connectivity index is 1.41. The van der Waals surface area contributed by atoms with Crippen LogP contribution in [0.3, 0.4) is 0 Å². The first-order chi connectivity index (χ1) is 12.7. The third-order valence-electron chi connectivity index (χ3n) is 4.23. The van der Waals surface area contributed by atoms with E-state index < -0.39 is 0 Å². The number of nitrogens with zero attached hydrogens (tertiary/aromatic N) is 5. The summed E-state index contributed by atoms with van der Waals surface area (Å²) in [5, 5.41) is 10.5. The van der Waals surface area contributed by atoms with Crippen LogP contribution < -0.4 is 5.32 Å². The molecule has 0 unspecified atom stereocenters. The quantitative estimate of drug-likeness (QED) is 0.821. The van der Waals surface area contributed by atoms with Crippen LogP contribution in [0, 0.1) is 0 Å². The lowest BCUT2D eigenvalue weighted by molar-refractivity contribution is -0.132. The molecule has 0 bridgehead atoms. The smallest absolute Gasteiger partial charge is 0.226 e. The van der Waals surface area contributed by atoms with E-state index in [0.29, 0.717) is 11.7 Å². The molecule has 2 aromatic heterocycles. The van der Waals surface area contributed by atoms with Crippen molar-refractivity contribution in [2.75, 3.05) is 31.5 Å². The minimum Gasteiger partial charge on any atom is -0.341 e. The van der Waals surface area contributed by atoms with Crippen LogP contribution in [0.1, 0.15) is 25.0 Å². The molecule has 0 spiro atoms. The molecule has 0 aromatic carbocycles. The lowest BCUT2D eigenvalue weighted by Gasteiger charge is -2.21. The van der Waals surface area contributed by atoms with Crippen LogP contribution in [0.25, 0.3) is 0 Å². The summed E-state index contributed by atoms with van der Waals surface area (Å²) in [7, 11) is 0. The Hall–Kier alpha value is -2.39. The van der Waals surface area contributed by atoms with Gasteiger partial charge in [-0.15, -0.1) is 10.2 Å². The van der Waals surface area contributed by atoms with Crippen molar-refractivity contribution in [2.24, 2.45) is 0 Å². The zero-order chi connectivity index (χ0) is 18.2. The molecule has 0 saturated carbocycles. The van der Waals surface area contributed by atoms with Crippen molar-refractivity contribution in [1.82, 2.24) is 25.0 Å². The van der Waals surface area contributed by atoms with Crippen molar-refractivity contribution in [3.63, 3.8) is 0 Å². The van der Waals surface area contributed by atoms with E-state index in [2.05, 4.69) is 25.4 Å². The standard InChI is InChI=1S/C17H22N6O2S/c24-15(20-17-21-19-13-26-17)5-6-16(25)23-9-3-8-22(10-11-23)12-14-4-1-2-7-18-14/h1-2,4,7,13H,3,5-6,8-12H2,(H,20,21,24). The van der Waals surface area contributed by atoms with Gasteiger partial charge in [0.1, 0.15) is 5.51 Å². The van der Waals surface area contributed by atoms with Gasteiger partial charge >= 0.3 is 0 Å². The number of carbonyl (C=O) groups is 2. The summed E-state index contributed by atoms with van der Waals surface area (Å²) >= 11 is 1.26. The number of carbonyl (C=O) groups excluding carboxylic acids is 2. The van der Waals surface area contributed by atoms with Gasteiger partial charge in [-0.05, 0) is 18.6 Å². The van der Waals surface area contributed by atoms with Crippen LogP contribution in [-0.2, 0) is 16.1 Å². The average molecular weight is 374 g/mol. The fourth-order valence-electron chi connectivity index (χ4n) is 2.89. The second kappa shape index (κ2) is 9.35. The number of rotatable bonds is 6. The minimum absolute atomic E-state index is 0.0251. The molecule has 138 valence electrons. The average Bonchev–Trinajstić information content (AvgIpc) is 3.05.